The van der Waals surface area contributed by atoms with E-state index in [2.05, 4.69) is 36.9 Å². The Hall–Kier alpha value is -2.97. The summed E-state index contributed by atoms with van der Waals surface area (Å²) in [6.07, 6.45) is 3.07. The monoisotopic (exact) mass is 529 g/mol. The number of cyclic esters (lactones) is 1. The zero-order chi connectivity index (χ0) is 21.1. The Balaban J connectivity index is 1.52. The Morgan fingerprint density at radius 3 is 2.47 bits per heavy atom. The summed E-state index contributed by atoms with van der Waals surface area (Å²) in [5.41, 5.74) is 1.41. The van der Waals surface area contributed by atoms with Crippen molar-refractivity contribution in [3.63, 3.8) is 0 Å². The molecular weight excluding hydrogens is 518 g/mol. The molecule has 0 spiro atoms. The largest absolute Gasteiger partial charge is 0.483 e. The first-order valence-electron chi connectivity index (χ1n) is 8.78. The van der Waals surface area contributed by atoms with Crippen molar-refractivity contribution in [3.8, 4) is 5.75 Å². The summed E-state index contributed by atoms with van der Waals surface area (Å²) in [6.45, 7) is -0.106. The predicted molar refractivity (Wildman–Crippen MR) is 117 cm³/mol. The van der Waals surface area contributed by atoms with E-state index in [-0.39, 0.29) is 24.0 Å². The van der Waals surface area contributed by atoms with Crippen molar-refractivity contribution in [1.82, 2.24) is 0 Å². The topological polar surface area (TPSA) is 78.1 Å². The summed E-state index contributed by atoms with van der Waals surface area (Å²) < 4.78 is 17.3. The summed E-state index contributed by atoms with van der Waals surface area (Å²) >= 11 is 6.90. The van der Waals surface area contributed by atoms with E-state index in [0.717, 1.165) is 0 Å². The maximum atomic E-state index is 12.3. The quantitative estimate of drug-likeness (QED) is 0.242. The van der Waals surface area contributed by atoms with Crippen LogP contribution in [0.5, 0.6) is 5.75 Å². The van der Waals surface area contributed by atoms with Gasteiger partial charge in [0.2, 0.25) is 0 Å². The molecule has 0 fully saturated rings. The van der Waals surface area contributed by atoms with Gasteiger partial charge in [-0.2, -0.15) is 0 Å². The molecule has 0 saturated heterocycles. The van der Waals surface area contributed by atoms with Gasteiger partial charge in [0.15, 0.2) is 23.8 Å². The van der Waals surface area contributed by atoms with Gasteiger partial charge in [0, 0.05) is 5.56 Å². The molecule has 0 atom stereocenters. The summed E-state index contributed by atoms with van der Waals surface area (Å²) in [5, 5.41) is 0. The van der Waals surface area contributed by atoms with Gasteiger partial charge in [-0.05, 0) is 67.8 Å². The van der Waals surface area contributed by atoms with Gasteiger partial charge in [0.05, 0.1) is 15.2 Å². The van der Waals surface area contributed by atoms with E-state index >= 15 is 0 Å². The first-order chi connectivity index (χ1) is 14.5. The summed E-state index contributed by atoms with van der Waals surface area (Å²) in [6, 6.07) is 15.8. The van der Waals surface area contributed by atoms with Gasteiger partial charge in [-0.3, -0.25) is 4.79 Å². The van der Waals surface area contributed by atoms with E-state index in [9.17, 15) is 9.59 Å². The molecule has 0 aliphatic carbocycles. The van der Waals surface area contributed by atoms with Crippen LogP contribution in [0, 0.1) is 0 Å². The van der Waals surface area contributed by atoms with Crippen molar-refractivity contribution >= 4 is 55.6 Å². The van der Waals surface area contributed by atoms with E-state index in [1.807, 2.05) is 6.07 Å². The van der Waals surface area contributed by atoms with Crippen LogP contribution < -0.4 is 4.74 Å². The highest BCUT2D eigenvalue weighted by atomic mass is 79.9. The number of halogens is 2. The lowest BCUT2D eigenvalue weighted by molar-refractivity contribution is -0.130. The Labute approximate surface area is 188 Å². The molecule has 8 heteroatoms. The average molecular weight is 531 g/mol. The van der Waals surface area contributed by atoms with Crippen LogP contribution in [-0.4, -0.2) is 24.3 Å². The van der Waals surface area contributed by atoms with Crippen molar-refractivity contribution < 1.29 is 23.5 Å². The molecule has 0 radical (unpaired) electrons. The van der Waals surface area contributed by atoms with Crippen LogP contribution in [0.25, 0.3) is 6.08 Å². The average Bonchev–Trinajstić information content (AvgIpc) is 3.38. The molecule has 2 heterocycles. The van der Waals surface area contributed by atoms with Crippen LogP contribution in [0.4, 0.5) is 0 Å². The zero-order valence-corrected chi connectivity index (χ0v) is 18.5. The third-order valence-corrected chi connectivity index (χ3v) is 5.30. The molecule has 2 aromatic carbocycles. The molecule has 4 rings (SSSR count). The Morgan fingerprint density at radius 1 is 1.07 bits per heavy atom. The highest BCUT2D eigenvalue weighted by Crippen LogP contribution is 2.36. The number of rotatable bonds is 6. The molecule has 1 aliphatic rings. The van der Waals surface area contributed by atoms with Crippen molar-refractivity contribution in [1.29, 1.82) is 0 Å². The Bertz CT molecular complexity index is 1140. The normalized spacial score (nSPS) is 14.5. The van der Waals surface area contributed by atoms with Gasteiger partial charge >= 0.3 is 5.97 Å². The van der Waals surface area contributed by atoms with Crippen molar-refractivity contribution in [2.75, 3.05) is 6.61 Å². The Morgan fingerprint density at radius 2 is 1.80 bits per heavy atom. The minimum Gasteiger partial charge on any atom is -0.483 e. The Kier molecular flexibility index (Phi) is 5.96. The second-order valence-electron chi connectivity index (χ2n) is 6.20. The lowest BCUT2D eigenvalue weighted by Gasteiger charge is -2.11. The first kappa shape index (κ1) is 20.3. The van der Waals surface area contributed by atoms with Crippen LogP contribution in [0.1, 0.15) is 21.7 Å². The highest BCUT2D eigenvalue weighted by Gasteiger charge is 2.26. The minimum absolute atomic E-state index is 0.106. The molecule has 150 valence electrons. The molecule has 1 aromatic heterocycles. The van der Waals surface area contributed by atoms with E-state index < -0.39 is 5.97 Å². The smallest absolute Gasteiger partial charge is 0.363 e. The lowest BCUT2D eigenvalue weighted by Crippen LogP contribution is -2.12. The molecule has 30 heavy (non-hydrogen) atoms. The predicted octanol–water partition coefficient (Wildman–Crippen LogP) is 5.41. The SMILES string of the molecule is O=C1OC(c2ccco2)=N/C1=C\c1cc(Br)c(OCC(=O)c2ccccc2)c(Br)c1. The van der Waals surface area contributed by atoms with Gasteiger partial charge in [-0.25, -0.2) is 9.79 Å². The molecule has 0 unspecified atom stereocenters. The second kappa shape index (κ2) is 8.81. The van der Waals surface area contributed by atoms with Crippen LogP contribution in [-0.2, 0) is 9.53 Å². The third-order valence-electron chi connectivity index (χ3n) is 4.12. The lowest BCUT2D eigenvalue weighted by atomic mass is 10.1. The van der Waals surface area contributed by atoms with Crippen LogP contribution in [0.2, 0.25) is 0 Å². The van der Waals surface area contributed by atoms with Crippen LogP contribution in [0.15, 0.2) is 84.9 Å². The zero-order valence-electron chi connectivity index (χ0n) is 15.3. The number of furan rings is 1. The number of esters is 1. The highest BCUT2D eigenvalue weighted by molar-refractivity contribution is 9.11. The number of ketones is 1. The number of carbonyl (C=O) groups is 2. The van der Waals surface area contributed by atoms with Crippen molar-refractivity contribution in [2.24, 2.45) is 4.99 Å². The molecule has 0 bridgehead atoms. The fourth-order valence-electron chi connectivity index (χ4n) is 2.72. The molecule has 0 N–H and O–H groups in total. The van der Waals surface area contributed by atoms with Crippen LogP contribution >= 0.6 is 31.9 Å². The number of nitrogens with zero attached hydrogens (tertiary/aromatic N) is 1. The van der Waals surface area contributed by atoms with E-state index in [1.54, 1.807) is 54.6 Å². The van der Waals surface area contributed by atoms with Crippen molar-refractivity contribution in [2.45, 2.75) is 0 Å². The molecular formula is C22H13Br2NO5. The van der Waals surface area contributed by atoms with E-state index in [1.165, 1.54) is 6.26 Å². The number of aliphatic imine (C=N–C) groups is 1. The first-order valence-corrected chi connectivity index (χ1v) is 10.4. The maximum absolute atomic E-state index is 12.3. The molecule has 6 nitrogen and oxygen atoms in total. The van der Waals surface area contributed by atoms with Gasteiger partial charge in [-0.15, -0.1) is 0 Å². The molecule has 1 aliphatic heterocycles. The van der Waals surface area contributed by atoms with Crippen molar-refractivity contribution in [3.05, 3.63) is 92.4 Å². The fourth-order valence-corrected chi connectivity index (χ4v) is 4.17. The number of carbonyl (C=O) groups excluding carboxylic acids is 2. The summed E-state index contributed by atoms with van der Waals surface area (Å²) in [7, 11) is 0. The molecule has 0 saturated carbocycles. The van der Waals surface area contributed by atoms with Gasteiger partial charge in [0.1, 0.15) is 5.75 Å². The van der Waals surface area contributed by atoms with Crippen LogP contribution in [0.3, 0.4) is 0 Å². The number of hydrogen-bond acceptors (Lipinski definition) is 6. The van der Waals surface area contributed by atoms with Gasteiger partial charge < -0.3 is 13.9 Å². The van der Waals surface area contributed by atoms with Gasteiger partial charge in [-0.1, -0.05) is 30.3 Å². The minimum atomic E-state index is -0.567. The number of ether oxygens (including phenoxy) is 2. The fraction of sp³-hybridized carbons (Fsp3) is 0.0455. The number of benzene rings is 2. The van der Waals surface area contributed by atoms with Gasteiger partial charge in [0.25, 0.3) is 5.90 Å². The second-order valence-corrected chi connectivity index (χ2v) is 7.91. The summed E-state index contributed by atoms with van der Waals surface area (Å²) in [5.74, 6) is 0.279. The van der Waals surface area contributed by atoms with E-state index in [0.29, 0.717) is 31.6 Å². The molecule has 3 aromatic rings. The maximum Gasteiger partial charge on any atom is 0.363 e. The molecule has 0 amide bonds. The number of hydrogen-bond donors (Lipinski definition) is 0. The number of Topliss-reactive ketones (excluding diaryl/α,β-unsaturated/α-hetero) is 1. The van der Waals surface area contributed by atoms with E-state index in [4.69, 9.17) is 13.9 Å². The third kappa shape index (κ3) is 4.44. The standard InChI is InChI=1S/C22H13Br2NO5/c23-15-9-13(11-17-22(27)30-21(25-17)19-7-4-8-28-19)10-16(24)20(15)29-12-18(26)14-5-2-1-3-6-14/h1-11H,12H2/b17-11-. The summed E-state index contributed by atoms with van der Waals surface area (Å²) in [4.78, 5) is 28.6.